The first-order valence-electron chi connectivity index (χ1n) is 17.1. The lowest BCUT2D eigenvalue weighted by Gasteiger charge is -2.49. The molecule has 50 heavy (non-hydrogen) atoms. The van der Waals surface area contributed by atoms with Gasteiger partial charge in [0.2, 0.25) is 5.91 Å². The molecule has 2 unspecified atom stereocenters. The number of piperazine rings is 1. The number of rotatable bonds is 5. The van der Waals surface area contributed by atoms with E-state index < -0.39 is 6.04 Å². The third kappa shape index (κ3) is 4.62. The Kier molecular flexibility index (Phi) is 7.41. The number of carbonyl (C=O) groups is 2. The van der Waals surface area contributed by atoms with Gasteiger partial charge < -0.3 is 14.7 Å². The van der Waals surface area contributed by atoms with Crippen LogP contribution in [0.25, 0.3) is 38.9 Å². The van der Waals surface area contributed by atoms with Gasteiger partial charge in [-0.1, -0.05) is 38.1 Å². The maximum atomic E-state index is 15.2. The minimum Gasteiger partial charge on any atom is -0.354 e. The number of likely N-dealkylation sites (N-methyl/N-ethyl adjacent to an activating group) is 1. The number of fused-ring (bicyclic) bond motifs is 6. The third-order valence-electron chi connectivity index (χ3n) is 10.6. The highest BCUT2D eigenvalue weighted by molar-refractivity contribution is 6.34. The lowest BCUT2D eigenvalue weighted by Crippen LogP contribution is -2.66. The highest BCUT2D eigenvalue weighted by atomic mass is 35.5. The summed E-state index contributed by atoms with van der Waals surface area (Å²) >= 11 is 7.31. The maximum absolute atomic E-state index is 15.2. The van der Waals surface area contributed by atoms with Crippen LogP contribution in [0, 0.1) is 13.8 Å². The molecule has 4 aromatic heterocycles. The molecule has 0 bridgehead atoms. The van der Waals surface area contributed by atoms with Crippen LogP contribution in [-0.4, -0.2) is 73.7 Å². The molecule has 6 heterocycles. The Hall–Kier alpha value is -5.03. The van der Waals surface area contributed by atoms with E-state index in [0.717, 1.165) is 51.8 Å². The van der Waals surface area contributed by atoms with Gasteiger partial charge in [-0.3, -0.25) is 29.0 Å². The topological polar surface area (TPSA) is 120 Å². The summed E-state index contributed by atoms with van der Waals surface area (Å²) in [6, 6.07) is 6.84. The number of anilines is 2. The first-order valence-corrected chi connectivity index (χ1v) is 17.5. The molecule has 5 aromatic rings. The van der Waals surface area contributed by atoms with Crippen LogP contribution in [0.4, 0.5) is 11.4 Å². The normalized spacial score (nSPS) is 19.0. The first kappa shape index (κ1) is 32.2. The number of aromatic nitrogens is 5. The van der Waals surface area contributed by atoms with Crippen molar-refractivity contribution in [3.05, 3.63) is 81.0 Å². The number of nitrogens with one attached hydrogen (secondary N) is 1. The van der Waals surface area contributed by atoms with Crippen molar-refractivity contribution in [2.45, 2.75) is 71.4 Å². The standard InChI is InChI=1S/C38H39ClN8O3/c1-8-27(48)45-17-26-37(49)44(7)35-34(46(26)16-21(45)6)23-15-24(39)32(28-19(4)9-12-25-29(28)31(43-42-25)22-10-11-22)41-36(23)47(38(35)50)33-20(5)13-14-40-30(33)18(2)3/h8-9,12-15,18,21-22,26H,1,10-11,16-17H2,2-7H3,(H,42,43). The van der Waals surface area contributed by atoms with Crippen LogP contribution < -0.4 is 15.4 Å². The van der Waals surface area contributed by atoms with E-state index in [0.29, 0.717) is 45.6 Å². The van der Waals surface area contributed by atoms with Crippen LogP contribution in [-0.2, 0) is 9.59 Å². The van der Waals surface area contributed by atoms with Crippen molar-refractivity contribution in [2.24, 2.45) is 0 Å². The van der Waals surface area contributed by atoms with Gasteiger partial charge in [0, 0.05) is 53.8 Å². The highest BCUT2D eigenvalue weighted by Crippen LogP contribution is 2.48. The average molecular weight is 691 g/mol. The van der Waals surface area contributed by atoms with E-state index in [2.05, 4.69) is 16.8 Å². The van der Waals surface area contributed by atoms with Gasteiger partial charge in [-0.05, 0) is 74.9 Å². The van der Waals surface area contributed by atoms with Crippen molar-refractivity contribution in [3.8, 4) is 16.9 Å². The summed E-state index contributed by atoms with van der Waals surface area (Å²) < 4.78 is 1.63. The summed E-state index contributed by atoms with van der Waals surface area (Å²) in [6.07, 6.45) is 5.20. The Balaban J connectivity index is 1.49. The van der Waals surface area contributed by atoms with Crippen LogP contribution in [0.5, 0.6) is 0 Å². The molecule has 0 spiro atoms. The summed E-state index contributed by atoms with van der Waals surface area (Å²) in [5, 5.41) is 9.96. The maximum Gasteiger partial charge on any atom is 0.283 e. The number of pyridine rings is 3. The molecular weight excluding hydrogens is 652 g/mol. The molecule has 1 N–H and O–H groups in total. The van der Waals surface area contributed by atoms with E-state index in [-0.39, 0.29) is 41.6 Å². The second-order valence-electron chi connectivity index (χ2n) is 14.2. The lowest BCUT2D eigenvalue weighted by molar-refractivity contribution is -0.130. The van der Waals surface area contributed by atoms with Gasteiger partial charge in [-0.15, -0.1) is 0 Å². The van der Waals surface area contributed by atoms with E-state index in [1.54, 1.807) is 22.7 Å². The summed E-state index contributed by atoms with van der Waals surface area (Å²) in [5.41, 5.74) is 7.41. The quantitative estimate of drug-likeness (QED) is 0.219. The van der Waals surface area contributed by atoms with Crippen molar-refractivity contribution in [3.63, 3.8) is 0 Å². The van der Waals surface area contributed by atoms with Gasteiger partial charge in [0.05, 0.1) is 39.8 Å². The summed E-state index contributed by atoms with van der Waals surface area (Å²) in [5.74, 6) is -0.129. The Morgan fingerprint density at radius 2 is 1.84 bits per heavy atom. The summed E-state index contributed by atoms with van der Waals surface area (Å²) in [7, 11) is 1.62. The molecule has 2 aliphatic heterocycles. The number of hydrogen-bond acceptors (Lipinski definition) is 7. The van der Waals surface area contributed by atoms with E-state index in [1.807, 2.05) is 63.8 Å². The molecular formula is C38H39ClN8O3. The van der Waals surface area contributed by atoms with E-state index in [9.17, 15) is 9.59 Å². The van der Waals surface area contributed by atoms with Gasteiger partial charge in [0.25, 0.3) is 11.5 Å². The number of H-pyrrole nitrogens is 1. The molecule has 2 atom stereocenters. The minimum atomic E-state index is -0.709. The number of amides is 2. The van der Waals surface area contributed by atoms with Crippen LogP contribution in [0.1, 0.15) is 68.0 Å². The summed E-state index contributed by atoms with van der Waals surface area (Å²) in [4.78, 5) is 57.3. The Bertz CT molecular complexity index is 2360. The molecule has 2 amide bonds. The first-order chi connectivity index (χ1) is 23.9. The van der Waals surface area contributed by atoms with E-state index in [4.69, 9.17) is 21.6 Å². The van der Waals surface area contributed by atoms with Crippen molar-refractivity contribution in [1.82, 2.24) is 29.6 Å². The number of nitrogens with zero attached hydrogens (tertiary/aromatic N) is 7. The van der Waals surface area contributed by atoms with Crippen LogP contribution in [0.2, 0.25) is 5.02 Å². The smallest absolute Gasteiger partial charge is 0.283 e. The van der Waals surface area contributed by atoms with Crippen LogP contribution in [0.15, 0.2) is 47.9 Å². The minimum absolute atomic E-state index is 0.0160. The monoisotopic (exact) mass is 690 g/mol. The Morgan fingerprint density at radius 3 is 2.54 bits per heavy atom. The molecule has 11 nitrogen and oxygen atoms in total. The van der Waals surface area contributed by atoms with Crippen molar-refractivity contribution in [1.29, 1.82) is 0 Å². The molecule has 2 fully saturated rings. The fourth-order valence-electron chi connectivity index (χ4n) is 7.92. The van der Waals surface area contributed by atoms with E-state index >= 15 is 4.79 Å². The average Bonchev–Trinajstić information content (AvgIpc) is 3.85. The molecule has 0 radical (unpaired) electrons. The van der Waals surface area contributed by atoms with Gasteiger partial charge in [0.1, 0.15) is 17.4 Å². The fourth-order valence-corrected chi connectivity index (χ4v) is 8.16. The number of carbonyl (C=O) groups excluding carboxylic acids is 2. The van der Waals surface area contributed by atoms with Gasteiger partial charge >= 0.3 is 0 Å². The number of benzene rings is 1. The second kappa shape index (κ2) is 11.5. The van der Waals surface area contributed by atoms with E-state index in [1.165, 1.54) is 11.0 Å². The summed E-state index contributed by atoms with van der Waals surface area (Å²) in [6.45, 7) is 14.2. The molecule has 1 aliphatic carbocycles. The largest absolute Gasteiger partial charge is 0.354 e. The zero-order valence-electron chi connectivity index (χ0n) is 29.0. The van der Waals surface area contributed by atoms with Crippen molar-refractivity contribution < 1.29 is 9.59 Å². The molecule has 1 saturated carbocycles. The van der Waals surface area contributed by atoms with Gasteiger partial charge in [0.15, 0.2) is 0 Å². The fraction of sp³-hybridized carbons (Fsp3) is 0.368. The molecule has 256 valence electrons. The van der Waals surface area contributed by atoms with Crippen LogP contribution >= 0.6 is 11.6 Å². The Morgan fingerprint density at radius 1 is 1.08 bits per heavy atom. The van der Waals surface area contributed by atoms with Gasteiger partial charge in [-0.2, -0.15) is 5.10 Å². The second-order valence-corrected chi connectivity index (χ2v) is 14.6. The number of aryl methyl sites for hydroxylation is 2. The van der Waals surface area contributed by atoms with Crippen molar-refractivity contribution in [2.75, 3.05) is 29.9 Å². The molecule has 1 saturated heterocycles. The predicted octanol–water partition coefficient (Wildman–Crippen LogP) is 6.16. The van der Waals surface area contributed by atoms with Crippen LogP contribution in [0.3, 0.4) is 0 Å². The highest BCUT2D eigenvalue weighted by Gasteiger charge is 2.46. The molecule has 8 rings (SSSR count). The lowest BCUT2D eigenvalue weighted by atomic mass is 9.96. The predicted molar refractivity (Wildman–Crippen MR) is 197 cm³/mol. The Labute approximate surface area is 294 Å². The molecule has 3 aliphatic rings. The number of aromatic amines is 1. The van der Waals surface area contributed by atoms with Crippen molar-refractivity contribution >= 4 is 56.7 Å². The van der Waals surface area contributed by atoms with Gasteiger partial charge in [-0.25, -0.2) is 4.98 Å². The third-order valence-corrected chi connectivity index (χ3v) is 10.9. The number of hydrogen-bond donors (Lipinski definition) is 1. The number of halogens is 1. The SMILES string of the molecule is C=CC(=O)N1CC2C(=O)N(C)c3c(c4cc(Cl)c(-c5c(C)ccc6n[nH]c(C7CC7)c56)nc4n(-c4c(C)ccnc4C(C)C)c3=O)N2CC1C. The zero-order chi connectivity index (χ0) is 35.3. The molecule has 12 heteroatoms. The zero-order valence-corrected chi connectivity index (χ0v) is 29.8. The molecule has 1 aromatic carbocycles.